The van der Waals surface area contributed by atoms with Crippen molar-refractivity contribution in [3.8, 4) is 6.01 Å². The monoisotopic (exact) mass is 572 g/mol. The van der Waals surface area contributed by atoms with E-state index < -0.39 is 11.7 Å². The number of benzene rings is 2. The Morgan fingerprint density at radius 3 is 2.64 bits per heavy atom. The van der Waals surface area contributed by atoms with Gasteiger partial charge in [-0.25, -0.2) is 4.39 Å². The number of aromatic nitrogens is 2. The molecule has 1 aromatic heterocycles. The number of piperazine rings is 1. The summed E-state index contributed by atoms with van der Waals surface area (Å²) in [6.45, 7) is 12.0. The Morgan fingerprint density at radius 1 is 1.10 bits per heavy atom. The molecule has 0 bridgehead atoms. The molecule has 8 nitrogen and oxygen atoms in total. The van der Waals surface area contributed by atoms with Gasteiger partial charge in [-0.3, -0.25) is 4.79 Å². The van der Waals surface area contributed by atoms with Crippen LogP contribution in [-0.2, 0) is 17.8 Å². The molecule has 3 aliphatic heterocycles. The van der Waals surface area contributed by atoms with Crippen LogP contribution in [-0.4, -0.2) is 84.1 Å². The summed E-state index contributed by atoms with van der Waals surface area (Å²) in [5, 5.41) is 2.52. The van der Waals surface area contributed by atoms with E-state index in [1.165, 1.54) is 28.4 Å². The first-order chi connectivity index (χ1) is 20.3. The van der Waals surface area contributed by atoms with E-state index in [9.17, 15) is 9.18 Å². The second-order valence-electron chi connectivity index (χ2n) is 12.0. The molecule has 6 rings (SSSR count). The average molecular weight is 573 g/mol. The van der Waals surface area contributed by atoms with E-state index >= 15 is 0 Å². The molecule has 0 unspecified atom stereocenters. The first-order valence-electron chi connectivity index (χ1n) is 15.2. The van der Waals surface area contributed by atoms with Crippen LogP contribution in [0.4, 0.5) is 15.9 Å². The highest BCUT2D eigenvalue weighted by molar-refractivity contribution is 5.97. The summed E-state index contributed by atoms with van der Waals surface area (Å²) in [5.74, 6) is -0.666. The molecule has 0 spiro atoms. The standard InChI is InChI=1S/C33H41FN6O2/c1-22-9-5-10-25-11-6-14-29(30(22)25)38-16-8-13-27-28(20-38)35-33(42-21-26-12-7-15-37(26)4)36-31(27)40-18-17-39(19-23(40)2)32(41)24(3)34/h5-6,9-11,14,23,26H,3,7-8,12-13,15-21H2,1-2,4H3/t23-,26-/m0/s1. The van der Waals surface area contributed by atoms with Crippen molar-refractivity contribution in [3.05, 3.63) is 65.6 Å². The lowest BCUT2D eigenvalue weighted by atomic mass is 10.0. The molecule has 9 heteroatoms. The van der Waals surface area contributed by atoms with E-state index in [2.05, 4.69) is 78.6 Å². The first kappa shape index (κ1) is 28.4. The predicted molar refractivity (Wildman–Crippen MR) is 165 cm³/mol. The molecule has 0 N–H and O–H groups in total. The van der Waals surface area contributed by atoms with Gasteiger partial charge in [-0.1, -0.05) is 36.9 Å². The van der Waals surface area contributed by atoms with Gasteiger partial charge in [0.15, 0.2) is 5.83 Å². The Hall–Kier alpha value is -3.72. The Bertz CT molecular complexity index is 1490. The number of nitrogens with zero attached hydrogens (tertiary/aromatic N) is 6. The van der Waals surface area contributed by atoms with Crippen LogP contribution in [0.5, 0.6) is 6.01 Å². The van der Waals surface area contributed by atoms with Crippen molar-refractivity contribution in [2.45, 2.75) is 58.2 Å². The van der Waals surface area contributed by atoms with Gasteiger partial charge in [-0.2, -0.15) is 9.97 Å². The van der Waals surface area contributed by atoms with Crippen LogP contribution in [0, 0.1) is 6.92 Å². The third-order valence-corrected chi connectivity index (χ3v) is 9.17. The minimum Gasteiger partial charge on any atom is -0.462 e. The van der Waals surface area contributed by atoms with E-state index in [1.807, 2.05) is 0 Å². The number of fused-ring (bicyclic) bond motifs is 2. The molecule has 3 aromatic rings. The normalized spacial score (nSPS) is 21.4. The Balaban J connectivity index is 1.35. The summed E-state index contributed by atoms with van der Waals surface area (Å²) < 4.78 is 20.0. The molecular formula is C33H41FN6O2. The molecule has 2 atom stereocenters. The minimum absolute atomic E-state index is 0.0464. The van der Waals surface area contributed by atoms with Crippen LogP contribution in [0.25, 0.3) is 10.8 Å². The van der Waals surface area contributed by atoms with Crippen LogP contribution >= 0.6 is 0 Å². The van der Waals surface area contributed by atoms with Crippen LogP contribution < -0.4 is 14.5 Å². The maximum absolute atomic E-state index is 13.6. The number of aryl methyl sites for hydroxylation is 1. The van der Waals surface area contributed by atoms with Gasteiger partial charge in [-0.05, 0) is 70.1 Å². The van der Waals surface area contributed by atoms with Gasteiger partial charge in [0.2, 0.25) is 0 Å². The lowest BCUT2D eigenvalue weighted by Crippen LogP contribution is -2.54. The Morgan fingerprint density at radius 2 is 1.90 bits per heavy atom. The van der Waals surface area contributed by atoms with Crippen molar-refractivity contribution in [2.75, 3.05) is 56.2 Å². The van der Waals surface area contributed by atoms with E-state index in [4.69, 9.17) is 14.7 Å². The van der Waals surface area contributed by atoms with Crippen LogP contribution in [0.15, 0.2) is 48.8 Å². The van der Waals surface area contributed by atoms with E-state index in [0.29, 0.717) is 44.8 Å². The highest BCUT2D eigenvalue weighted by Gasteiger charge is 2.33. The van der Waals surface area contributed by atoms with E-state index in [0.717, 1.165) is 49.4 Å². The minimum atomic E-state index is -0.914. The molecule has 4 heterocycles. The summed E-state index contributed by atoms with van der Waals surface area (Å²) >= 11 is 0. The number of likely N-dealkylation sites (N-methyl/N-ethyl adjacent to an activating group) is 1. The molecule has 2 aromatic carbocycles. The highest BCUT2D eigenvalue weighted by Crippen LogP contribution is 2.35. The zero-order valence-corrected chi connectivity index (χ0v) is 25.0. The van der Waals surface area contributed by atoms with E-state index in [-0.39, 0.29) is 6.04 Å². The smallest absolute Gasteiger partial charge is 0.318 e. The van der Waals surface area contributed by atoms with Crippen molar-refractivity contribution < 1.29 is 13.9 Å². The maximum atomic E-state index is 13.6. The molecule has 0 aliphatic carbocycles. The van der Waals surface area contributed by atoms with Crippen molar-refractivity contribution >= 4 is 28.2 Å². The largest absolute Gasteiger partial charge is 0.462 e. The zero-order chi connectivity index (χ0) is 29.4. The molecule has 2 fully saturated rings. The summed E-state index contributed by atoms with van der Waals surface area (Å²) in [4.78, 5) is 30.9. The summed E-state index contributed by atoms with van der Waals surface area (Å²) in [6.07, 6.45) is 4.10. The number of anilines is 2. The van der Waals surface area contributed by atoms with Gasteiger partial charge < -0.3 is 24.3 Å². The van der Waals surface area contributed by atoms with Gasteiger partial charge in [0, 0.05) is 54.9 Å². The number of ether oxygens (including phenoxy) is 1. The lowest BCUT2D eigenvalue weighted by molar-refractivity contribution is -0.129. The van der Waals surface area contributed by atoms with Crippen molar-refractivity contribution in [1.29, 1.82) is 0 Å². The van der Waals surface area contributed by atoms with Gasteiger partial charge in [0.05, 0.1) is 12.2 Å². The van der Waals surface area contributed by atoms with Crippen molar-refractivity contribution in [3.63, 3.8) is 0 Å². The molecule has 0 radical (unpaired) electrons. The number of hydrogen-bond donors (Lipinski definition) is 0. The number of rotatable bonds is 6. The molecule has 1 amide bonds. The van der Waals surface area contributed by atoms with E-state index in [1.54, 1.807) is 4.90 Å². The maximum Gasteiger partial charge on any atom is 0.318 e. The number of amides is 1. The molecule has 0 saturated carbocycles. The van der Waals surface area contributed by atoms with Gasteiger partial charge in [0.25, 0.3) is 5.91 Å². The summed E-state index contributed by atoms with van der Waals surface area (Å²) in [5.41, 5.74) is 4.61. The Kier molecular flexibility index (Phi) is 8.03. The number of carbonyl (C=O) groups is 1. The van der Waals surface area contributed by atoms with Gasteiger partial charge >= 0.3 is 6.01 Å². The Labute approximate surface area is 247 Å². The lowest BCUT2D eigenvalue weighted by Gasteiger charge is -2.41. The molecule has 42 heavy (non-hydrogen) atoms. The third-order valence-electron chi connectivity index (χ3n) is 9.17. The predicted octanol–water partition coefficient (Wildman–Crippen LogP) is 4.88. The number of hydrogen-bond acceptors (Lipinski definition) is 7. The fraction of sp³-hybridized carbons (Fsp3) is 0.485. The average Bonchev–Trinajstić information content (AvgIpc) is 3.27. The third kappa shape index (κ3) is 5.54. The number of halogens is 1. The SMILES string of the molecule is C=C(F)C(=O)N1CCN(c2nc(OC[C@@H]3CCCN3C)nc3c2CCCN(c2cccc4cccc(C)c24)C3)[C@@H](C)C1. The molecule has 2 saturated heterocycles. The fourth-order valence-corrected chi connectivity index (χ4v) is 6.85. The second kappa shape index (κ2) is 11.9. The number of carbonyl (C=O) groups excluding carboxylic acids is 1. The first-order valence-corrected chi connectivity index (χ1v) is 15.2. The van der Waals surface area contributed by atoms with Gasteiger partial charge in [0.1, 0.15) is 12.4 Å². The highest BCUT2D eigenvalue weighted by atomic mass is 19.1. The van der Waals surface area contributed by atoms with Gasteiger partial charge in [-0.15, -0.1) is 0 Å². The molecular weight excluding hydrogens is 531 g/mol. The quantitative estimate of drug-likeness (QED) is 0.390. The molecule has 222 valence electrons. The van der Waals surface area contributed by atoms with Crippen molar-refractivity contribution in [1.82, 2.24) is 19.8 Å². The summed E-state index contributed by atoms with van der Waals surface area (Å²) in [7, 11) is 2.14. The van der Waals surface area contributed by atoms with Crippen molar-refractivity contribution in [2.24, 2.45) is 0 Å². The zero-order valence-electron chi connectivity index (χ0n) is 25.0. The summed E-state index contributed by atoms with van der Waals surface area (Å²) in [6, 6.07) is 13.7. The molecule has 3 aliphatic rings. The van der Waals surface area contributed by atoms with Crippen LogP contribution in [0.1, 0.15) is 43.0 Å². The topological polar surface area (TPSA) is 65.0 Å². The van der Waals surface area contributed by atoms with Crippen LogP contribution in [0.3, 0.4) is 0 Å². The van der Waals surface area contributed by atoms with Crippen LogP contribution in [0.2, 0.25) is 0 Å². The number of likely N-dealkylation sites (tertiary alicyclic amines) is 1. The second-order valence-corrected chi connectivity index (χ2v) is 12.0. The fourth-order valence-electron chi connectivity index (χ4n) is 6.85.